The van der Waals surface area contributed by atoms with Crippen LogP contribution in [0.2, 0.25) is 0 Å². The molecule has 0 atom stereocenters. The van der Waals surface area contributed by atoms with Crippen molar-refractivity contribution in [3.8, 4) is 34.3 Å². The van der Waals surface area contributed by atoms with Gasteiger partial charge in [-0.15, -0.1) is 11.3 Å². The van der Waals surface area contributed by atoms with Gasteiger partial charge >= 0.3 is 0 Å². The van der Waals surface area contributed by atoms with Crippen LogP contribution in [0.5, 0.6) is 23.0 Å². The molecule has 3 aromatic rings. The fourth-order valence-electron chi connectivity index (χ4n) is 2.80. The van der Waals surface area contributed by atoms with Gasteiger partial charge in [-0.2, -0.15) is 0 Å². The number of hydrogen-bond donors (Lipinski definition) is 2. The van der Waals surface area contributed by atoms with Crippen LogP contribution in [0.25, 0.3) is 11.3 Å². The summed E-state index contributed by atoms with van der Waals surface area (Å²) in [7, 11) is 4.24. The SMILES string of the molecule is COc1ccc(F)cc1-c1csc(NC(=O)c2cc(OC)c(OCC(N)=O)c(OC)c2)n1. The second kappa shape index (κ2) is 9.96. The first-order valence-electron chi connectivity index (χ1n) is 9.14. The third kappa shape index (κ3) is 5.06. The summed E-state index contributed by atoms with van der Waals surface area (Å²) >= 11 is 1.17. The Balaban J connectivity index is 1.85. The van der Waals surface area contributed by atoms with Gasteiger partial charge < -0.3 is 24.7 Å². The van der Waals surface area contributed by atoms with E-state index < -0.39 is 17.6 Å². The van der Waals surface area contributed by atoms with E-state index in [1.807, 2.05) is 0 Å². The molecule has 0 aliphatic rings. The minimum Gasteiger partial charge on any atom is -0.496 e. The molecule has 0 aliphatic carbocycles. The molecule has 0 bridgehead atoms. The van der Waals surface area contributed by atoms with Crippen LogP contribution in [0, 0.1) is 5.82 Å². The van der Waals surface area contributed by atoms with Crippen molar-refractivity contribution < 1.29 is 32.9 Å². The van der Waals surface area contributed by atoms with E-state index in [4.69, 9.17) is 24.7 Å². The molecule has 0 unspecified atom stereocenters. The Bertz CT molecular complexity index is 1130. The fourth-order valence-corrected chi connectivity index (χ4v) is 3.51. The van der Waals surface area contributed by atoms with Crippen molar-refractivity contribution >= 4 is 28.3 Å². The van der Waals surface area contributed by atoms with Gasteiger partial charge in [-0.1, -0.05) is 0 Å². The lowest BCUT2D eigenvalue weighted by Gasteiger charge is -2.15. The maximum atomic E-state index is 13.7. The molecule has 32 heavy (non-hydrogen) atoms. The van der Waals surface area contributed by atoms with E-state index in [9.17, 15) is 14.0 Å². The van der Waals surface area contributed by atoms with Gasteiger partial charge in [-0.25, -0.2) is 9.37 Å². The molecule has 0 radical (unpaired) electrons. The van der Waals surface area contributed by atoms with E-state index in [0.717, 1.165) is 0 Å². The van der Waals surface area contributed by atoms with Crippen molar-refractivity contribution in [1.29, 1.82) is 0 Å². The van der Waals surface area contributed by atoms with Gasteiger partial charge in [-0.3, -0.25) is 14.9 Å². The van der Waals surface area contributed by atoms with Gasteiger partial charge in [0.2, 0.25) is 5.75 Å². The number of amides is 2. The summed E-state index contributed by atoms with van der Waals surface area (Å²) in [5.74, 6) is -0.645. The monoisotopic (exact) mass is 461 g/mol. The van der Waals surface area contributed by atoms with E-state index in [-0.39, 0.29) is 29.4 Å². The maximum Gasteiger partial charge on any atom is 0.257 e. The molecule has 0 saturated heterocycles. The standard InChI is InChI=1S/C21H20FN3O6S/c1-28-15-5-4-12(22)8-13(15)14-10-32-21(24-14)25-20(27)11-6-16(29-2)19(17(7-11)30-3)31-9-18(23)26/h4-8,10H,9H2,1-3H3,(H2,23,26)(H,24,25,27). The van der Waals surface area contributed by atoms with Crippen molar-refractivity contribution in [3.63, 3.8) is 0 Å². The molecule has 2 amide bonds. The van der Waals surface area contributed by atoms with E-state index in [2.05, 4.69) is 10.3 Å². The minimum atomic E-state index is -0.676. The Morgan fingerprint density at radius 2 is 1.72 bits per heavy atom. The highest BCUT2D eigenvalue weighted by molar-refractivity contribution is 7.14. The fraction of sp³-hybridized carbons (Fsp3) is 0.190. The van der Waals surface area contributed by atoms with Crippen LogP contribution in [0.1, 0.15) is 10.4 Å². The van der Waals surface area contributed by atoms with Crippen LogP contribution in [-0.4, -0.2) is 44.7 Å². The Morgan fingerprint density at radius 1 is 1.06 bits per heavy atom. The number of aromatic nitrogens is 1. The highest BCUT2D eigenvalue weighted by Crippen LogP contribution is 2.39. The first-order chi connectivity index (χ1) is 15.4. The predicted molar refractivity (Wildman–Crippen MR) is 116 cm³/mol. The molecule has 3 rings (SSSR count). The quantitative estimate of drug-likeness (QED) is 0.502. The third-order valence-electron chi connectivity index (χ3n) is 4.24. The van der Waals surface area contributed by atoms with Crippen molar-refractivity contribution in [3.05, 3.63) is 47.1 Å². The van der Waals surface area contributed by atoms with Crippen molar-refractivity contribution in [2.24, 2.45) is 5.73 Å². The third-order valence-corrected chi connectivity index (χ3v) is 5.00. The van der Waals surface area contributed by atoms with E-state index in [1.165, 1.54) is 63.0 Å². The van der Waals surface area contributed by atoms with Crippen molar-refractivity contribution in [2.75, 3.05) is 33.3 Å². The van der Waals surface area contributed by atoms with Gasteiger partial charge in [-0.05, 0) is 30.3 Å². The number of ether oxygens (including phenoxy) is 4. The summed E-state index contributed by atoms with van der Waals surface area (Å²) in [6.45, 7) is -0.385. The van der Waals surface area contributed by atoms with Crippen LogP contribution in [0.3, 0.4) is 0 Å². The summed E-state index contributed by atoms with van der Waals surface area (Å²) < 4.78 is 34.8. The summed E-state index contributed by atoms with van der Waals surface area (Å²) in [6, 6.07) is 6.95. The molecule has 3 N–H and O–H groups in total. The number of nitrogens with two attached hydrogens (primary N) is 1. The van der Waals surface area contributed by atoms with Crippen molar-refractivity contribution in [2.45, 2.75) is 0 Å². The Morgan fingerprint density at radius 3 is 2.31 bits per heavy atom. The van der Waals surface area contributed by atoms with Gasteiger partial charge in [0.25, 0.3) is 11.8 Å². The minimum absolute atomic E-state index is 0.139. The molecule has 1 aromatic heterocycles. The van der Waals surface area contributed by atoms with Crippen LogP contribution >= 0.6 is 11.3 Å². The normalized spacial score (nSPS) is 10.4. The number of rotatable bonds is 9. The number of carbonyl (C=O) groups is 2. The number of nitrogens with zero attached hydrogens (tertiary/aromatic N) is 1. The van der Waals surface area contributed by atoms with E-state index in [0.29, 0.717) is 22.1 Å². The van der Waals surface area contributed by atoms with Crippen LogP contribution < -0.4 is 30.0 Å². The number of primary amides is 1. The zero-order valence-electron chi connectivity index (χ0n) is 17.4. The van der Waals surface area contributed by atoms with Crippen LogP contribution in [0.15, 0.2) is 35.7 Å². The molecule has 2 aromatic carbocycles. The van der Waals surface area contributed by atoms with Gasteiger partial charge in [0.15, 0.2) is 23.2 Å². The van der Waals surface area contributed by atoms with Gasteiger partial charge in [0, 0.05) is 16.5 Å². The van der Waals surface area contributed by atoms with Gasteiger partial charge in [0.05, 0.1) is 27.0 Å². The molecular weight excluding hydrogens is 441 g/mol. The molecule has 168 valence electrons. The molecule has 0 saturated carbocycles. The Hall–Kier alpha value is -3.86. The second-order valence-electron chi connectivity index (χ2n) is 6.30. The van der Waals surface area contributed by atoms with E-state index >= 15 is 0 Å². The number of anilines is 1. The first-order valence-corrected chi connectivity index (χ1v) is 10.0. The lowest BCUT2D eigenvalue weighted by Crippen LogP contribution is -2.20. The highest BCUT2D eigenvalue weighted by atomic mass is 32.1. The van der Waals surface area contributed by atoms with Crippen LogP contribution in [-0.2, 0) is 4.79 Å². The number of benzene rings is 2. The maximum absolute atomic E-state index is 13.7. The lowest BCUT2D eigenvalue weighted by molar-refractivity contribution is -0.120. The lowest BCUT2D eigenvalue weighted by atomic mass is 10.1. The van der Waals surface area contributed by atoms with E-state index in [1.54, 1.807) is 5.38 Å². The largest absolute Gasteiger partial charge is 0.496 e. The summed E-state index contributed by atoms with van der Waals surface area (Å²) in [4.78, 5) is 28.2. The number of nitrogens with one attached hydrogen (secondary N) is 1. The number of carbonyl (C=O) groups excluding carboxylic acids is 2. The molecule has 0 spiro atoms. The molecule has 9 nitrogen and oxygen atoms in total. The smallest absolute Gasteiger partial charge is 0.257 e. The van der Waals surface area contributed by atoms with Crippen LogP contribution in [0.4, 0.5) is 9.52 Å². The average molecular weight is 461 g/mol. The Labute approximate surface area is 186 Å². The first kappa shape index (κ1) is 22.8. The predicted octanol–water partition coefficient (Wildman–Crippen LogP) is 3.09. The average Bonchev–Trinajstić information content (AvgIpc) is 3.25. The second-order valence-corrected chi connectivity index (χ2v) is 7.16. The zero-order valence-corrected chi connectivity index (χ0v) is 18.2. The molecular formula is C21H20FN3O6S. The van der Waals surface area contributed by atoms with Gasteiger partial charge in [0.1, 0.15) is 11.6 Å². The number of hydrogen-bond acceptors (Lipinski definition) is 8. The molecule has 11 heteroatoms. The highest BCUT2D eigenvalue weighted by Gasteiger charge is 2.20. The summed E-state index contributed by atoms with van der Waals surface area (Å²) in [6.07, 6.45) is 0. The van der Waals surface area contributed by atoms with Crippen molar-refractivity contribution in [1.82, 2.24) is 4.98 Å². The topological polar surface area (TPSA) is 122 Å². The molecule has 1 heterocycles. The molecule has 0 fully saturated rings. The number of thiazole rings is 1. The Kier molecular flexibility index (Phi) is 7.11. The summed E-state index contributed by atoms with van der Waals surface area (Å²) in [5.41, 5.74) is 6.23. The summed E-state index contributed by atoms with van der Waals surface area (Å²) in [5, 5.41) is 4.65. The number of methoxy groups -OCH3 is 3. The zero-order chi connectivity index (χ0) is 23.3. The molecule has 0 aliphatic heterocycles. The number of halogens is 1.